The molecule has 1 saturated heterocycles. The second-order valence-corrected chi connectivity index (χ2v) is 9.47. The van der Waals surface area contributed by atoms with Gasteiger partial charge in [0.1, 0.15) is 23.9 Å². The van der Waals surface area contributed by atoms with Crippen molar-refractivity contribution < 1.29 is 18.8 Å². The van der Waals surface area contributed by atoms with Gasteiger partial charge >= 0.3 is 6.03 Å². The average Bonchev–Trinajstić information content (AvgIpc) is 3.53. The molecule has 172 valence electrons. The Bertz CT molecular complexity index is 1100. The molecular formula is C25H28N4O4. The predicted molar refractivity (Wildman–Crippen MR) is 121 cm³/mol. The number of benzene rings is 1. The third-order valence-corrected chi connectivity index (χ3v) is 7.09. The molecule has 8 heteroatoms. The van der Waals surface area contributed by atoms with Crippen molar-refractivity contribution in [1.82, 2.24) is 15.2 Å². The summed E-state index contributed by atoms with van der Waals surface area (Å²) in [6, 6.07) is 10.6. The highest BCUT2D eigenvalue weighted by molar-refractivity contribution is 6.09. The Hall–Kier alpha value is -3.42. The van der Waals surface area contributed by atoms with Gasteiger partial charge in [-0.25, -0.2) is 9.80 Å². The van der Waals surface area contributed by atoms with Crippen molar-refractivity contribution in [2.45, 2.75) is 57.5 Å². The van der Waals surface area contributed by atoms with Crippen molar-refractivity contribution in [2.24, 2.45) is 11.0 Å². The number of hydrogen-bond donors (Lipinski definition) is 1. The number of hydrazone groups is 1. The molecule has 1 spiro atoms. The SMILES string of the molecule is Cc1ccc(C2=NN(C(=O)CN3C(=O)NC4(CCC(C)CC4)C3=O)C(c3ccco3)C2)cc1. The van der Waals surface area contributed by atoms with E-state index in [1.54, 1.807) is 12.3 Å². The predicted octanol–water partition coefficient (Wildman–Crippen LogP) is 3.77. The van der Waals surface area contributed by atoms with Crippen molar-refractivity contribution in [3.8, 4) is 0 Å². The van der Waals surface area contributed by atoms with E-state index in [9.17, 15) is 14.4 Å². The first-order chi connectivity index (χ1) is 15.9. The van der Waals surface area contributed by atoms with E-state index in [1.807, 2.05) is 37.3 Å². The fourth-order valence-electron chi connectivity index (χ4n) is 4.98. The van der Waals surface area contributed by atoms with E-state index in [2.05, 4.69) is 17.3 Å². The van der Waals surface area contributed by atoms with E-state index in [4.69, 9.17) is 4.42 Å². The van der Waals surface area contributed by atoms with Crippen LogP contribution in [0, 0.1) is 12.8 Å². The van der Waals surface area contributed by atoms with Crippen molar-refractivity contribution in [3.05, 3.63) is 59.5 Å². The summed E-state index contributed by atoms with van der Waals surface area (Å²) in [5, 5.41) is 8.84. The van der Waals surface area contributed by atoms with Crippen molar-refractivity contribution in [3.63, 3.8) is 0 Å². The van der Waals surface area contributed by atoms with Crippen LogP contribution in [0.4, 0.5) is 4.79 Å². The molecule has 1 aromatic carbocycles. The Kier molecular flexibility index (Phi) is 5.31. The topological polar surface area (TPSA) is 95.2 Å². The summed E-state index contributed by atoms with van der Waals surface area (Å²) >= 11 is 0. The lowest BCUT2D eigenvalue weighted by molar-refractivity contribution is -0.140. The van der Waals surface area contributed by atoms with E-state index in [0.29, 0.717) is 30.9 Å². The first kappa shape index (κ1) is 21.4. The number of nitrogens with one attached hydrogen (secondary N) is 1. The van der Waals surface area contributed by atoms with E-state index in [0.717, 1.165) is 34.6 Å². The monoisotopic (exact) mass is 448 g/mol. The number of carbonyl (C=O) groups is 3. The number of nitrogens with zero attached hydrogens (tertiary/aromatic N) is 3. The molecule has 8 nitrogen and oxygen atoms in total. The van der Waals surface area contributed by atoms with E-state index >= 15 is 0 Å². The van der Waals surface area contributed by atoms with Gasteiger partial charge in [0, 0.05) is 6.42 Å². The van der Waals surface area contributed by atoms with Crippen LogP contribution in [0.5, 0.6) is 0 Å². The van der Waals surface area contributed by atoms with E-state index < -0.39 is 23.5 Å². The molecule has 5 rings (SSSR count). The summed E-state index contributed by atoms with van der Waals surface area (Å²) < 4.78 is 5.59. The summed E-state index contributed by atoms with van der Waals surface area (Å²) in [7, 11) is 0. The first-order valence-corrected chi connectivity index (χ1v) is 11.5. The highest BCUT2D eigenvalue weighted by atomic mass is 16.3. The molecule has 1 aromatic heterocycles. The lowest BCUT2D eigenvalue weighted by atomic mass is 9.77. The van der Waals surface area contributed by atoms with Gasteiger partial charge in [-0.1, -0.05) is 36.8 Å². The van der Waals surface area contributed by atoms with Crippen LogP contribution in [0.25, 0.3) is 0 Å². The lowest BCUT2D eigenvalue weighted by Gasteiger charge is -2.33. The van der Waals surface area contributed by atoms with Gasteiger partial charge in [0.15, 0.2) is 0 Å². The first-order valence-electron chi connectivity index (χ1n) is 11.5. The second kappa shape index (κ2) is 8.17. The molecule has 2 fully saturated rings. The van der Waals surface area contributed by atoms with Crippen LogP contribution in [0.15, 0.2) is 52.2 Å². The van der Waals surface area contributed by atoms with E-state index in [1.165, 1.54) is 5.01 Å². The molecule has 1 unspecified atom stereocenters. The summed E-state index contributed by atoms with van der Waals surface area (Å²) in [6.07, 6.45) is 5.03. The lowest BCUT2D eigenvalue weighted by Crippen LogP contribution is -2.49. The third kappa shape index (κ3) is 3.83. The molecule has 3 heterocycles. The molecule has 1 N–H and O–H groups in total. The molecule has 2 aromatic rings. The number of urea groups is 1. The normalized spacial score (nSPS) is 27.3. The molecule has 33 heavy (non-hydrogen) atoms. The average molecular weight is 449 g/mol. The Balaban J connectivity index is 1.38. The van der Waals surface area contributed by atoms with Crippen LogP contribution >= 0.6 is 0 Å². The number of hydrogen-bond acceptors (Lipinski definition) is 5. The zero-order valence-corrected chi connectivity index (χ0v) is 18.9. The van der Waals surface area contributed by atoms with Crippen LogP contribution in [0.2, 0.25) is 0 Å². The fraction of sp³-hybridized carbons (Fsp3) is 0.440. The highest BCUT2D eigenvalue weighted by Crippen LogP contribution is 2.37. The minimum absolute atomic E-state index is 0.302. The molecule has 0 radical (unpaired) electrons. The number of rotatable bonds is 4. The molecule has 3 aliphatic rings. The number of aryl methyl sites for hydroxylation is 1. The maximum atomic E-state index is 13.4. The van der Waals surface area contributed by atoms with Gasteiger partial charge in [-0.15, -0.1) is 0 Å². The van der Waals surface area contributed by atoms with Gasteiger partial charge in [0.2, 0.25) is 0 Å². The molecule has 1 aliphatic carbocycles. The zero-order chi connectivity index (χ0) is 23.2. The molecule has 0 bridgehead atoms. The maximum Gasteiger partial charge on any atom is 0.325 e. The number of carbonyl (C=O) groups excluding carboxylic acids is 3. The minimum Gasteiger partial charge on any atom is -0.467 e. The molecule has 2 aliphatic heterocycles. The Morgan fingerprint density at radius 2 is 1.91 bits per heavy atom. The number of furan rings is 1. The number of imide groups is 1. The minimum atomic E-state index is -0.869. The fourth-order valence-corrected chi connectivity index (χ4v) is 4.98. The van der Waals surface area contributed by atoms with Gasteiger partial charge in [0.25, 0.3) is 11.8 Å². The summed E-state index contributed by atoms with van der Waals surface area (Å²) in [6.45, 7) is 3.82. The van der Waals surface area contributed by atoms with Gasteiger partial charge in [-0.2, -0.15) is 5.10 Å². The quantitative estimate of drug-likeness (QED) is 0.721. The summed E-state index contributed by atoms with van der Waals surface area (Å²) in [4.78, 5) is 40.3. The number of amides is 4. The summed E-state index contributed by atoms with van der Waals surface area (Å²) in [5.41, 5.74) is 1.96. The van der Waals surface area contributed by atoms with Crippen LogP contribution in [0.1, 0.15) is 62.0 Å². The van der Waals surface area contributed by atoms with Crippen molar-refractivity contribution in [2.75, 3.05) is 6.54 Å². The van der Waals surface area contributed by atoms with E-state index in [-0.39, 0.29) is 12.5 Å². The van der Waals surface area contributed by atoms with Gasteiger partial charge < -0.3 is 9.73 Å². The van der Waals surface area contributed by atoms with Gasteiger partial charge in [-0.3, -0.25) is 14.5 Å². The maximum absolute atomic E-state index is 13.4. The molecule has 1 atom stereocenters. The standard InChI is InChI=1S/C25H28N4O4/c1-16-5-7-18(8-6-16)19-14-20(21-4-3-13-33-21)29(27-19)22(30)15-28-23(31)25(26-24(28)32)11-9-17(2)10-12-25/h3-8,13,17,20H,9-12,14-15H2,1-2H3,(H,26,32). The third-order valence-electron chi connectivity index (χ3n) is 7.09. The molecule has 1 saturated carbocycles. The Morgan fingerprint density at radius 3 is 2.58 bits per heavy atom. The van der Waals surface area contributed by atoms with Crippen LogP contribution in [-0.2, 0) is 9.59 Å². The molecular weight excluding hydrogens is 420 g/mol. The van der Waals surface area contributed by atoms with Crippen molar-refractivity contribution >= 4 is 23.6 Å². The Labute approximate surface area is 192 Å². The smallest absolute Gasteiger partial charge is 0.325 e. The van der Waals surface area contributed by atoms with Gasteiger partial charge in [0.05, 0.1) is 12.0 Å². The van der Waals surface area contributed by atoms with Gasteiger partial charge in [-0.05, 0) is 56.2 Å². The second-order valence-electron chi connectivity index (χ2n) is 9.47. The largest absolute Gasteiger partial charge is 0.467 e. The highest BCUT2D eigenvalue weighted by Gasteiger charge is 2.53. The Morgan fingerprint density at radius 1 is 1.18 bits per heavy atom. The zero-order valence-electron chi connectivity index (χ0n) is 18.9. The summed E-state index contributed by atoms with van der Waals surface area (Å²) in [5.74, 6) is 0.431. The van der Waals surface area contributed by atoms with Crippen LogP contribution in [0.3, 0.4) is 0 Å². The van der Waals surface area contributed by atoms with Crippen LogP contribution < -0.4 is 5.32 Å². The van der Waals surface area contributed by atoms with Crippen LogP contribution in [-0.4, -0.2) is 45.5 Å². The molecule has 4 amide bonds. The van der Waals surface area contributed by atoms with Crippen molar-refractivity contribution in [1.29, 1.82) is 0 Å².